The number of nitrogens with one attached hydrogen (secondary N) is 2. The summed E-state index contributed by atoms with van der Waals surface area (Å²) < 4.78 is 11.4. The van der Waals surface area contributed by atoms with Crippen molar-refractivity contribution in [3.05, 3.63) is 107 Å². The van der Waals surface area contributed by atoms with E-state index in [1.54, 1.807) is 0 Å². The SMILES string of the molecule is O=C(NC([NH+](Cc1ccccc1)Cc1ccccc1)C(Cl)(Cl)Cl)c1ccc(F)cc1. The summed E-state index contributed by atoms with van der Waals surface area (Å²) in [6.45, 7) is 1.05. The molecule has 0 saturated carbocycles. The first kappa shape index (κ1) is 22.6. The van der Waals surface area contributed by atoms with Crippen molar-refractivity contribution in [1.29, 1.82) is 0 Å². The van der Waals surface area contributed by atoms with Crippen LogP contribution in [-0.4, -0.2) is 15.9 Å². The zero-order valence-electron chi connectivity index (χ0n) is 16.0. The zero-order chi connectivity index (χ0) is 21.6. The van der Waals surface area contributed by atoms with E-state index in [2.05, 4.69) is 5.32 Å². The van der Waals surface area contributed by atoms with Crippen LogP contribution in [0.5, 0.6) is 0 Å². The number of hydrogen-bond acceptors (Lipinski definition) is 1. The van der Waals surface area contributed by atoms with Crippen LogP contribution in [-0.2, 0) is 13.1 Å². The summed E-state index contributed by atoms with van der Waals surface area (Å²) >= 11 is 19.0. The third kappa shape index (κ3) is 6.44. The van der Waals surface area contributed by atoms with Gasteiger partial charge in [0.05, 0.1) is 0 Å². The molecule has 30 heavy (non-hydrogen) atoms. The molecule has 3 rings (SSSR count). The molecule has 3 aromatic carbocycles. The van der Waals surface area contributed by atoms with E-state index in [1.165, 1.54) is 24.3 Å². The molecule has 1 atom stereocenters. The van der Waals surface area contributed by atoms with Crippen LogP contribution in [0.25, 0.3) is 0 Å². The second kappa shape index (κ2) is 10.3. The van der Waals surface area contributed by atoms with E-state index in [0.29, 0.717) is 13.1 Å². The van der Waals surface area contributed by atoms with Gasteiger partial charge in [-0.3, -0.25) is 10.1 Å². The van der Waals surface area contributed by atoms with Crippen LogP contribution >= 0.6 is 34.8 Å². The lowest BCUT2D eigenvalue weighted by atomic mass is 10.1. The lowest BCUT2D eigenvalue weighted by molar-refractivity contribution is -0.953. The minimum absolute atomic E-state index is 0.287. The van der Waals surface area contributed by atoms with Crippen molar-refractivity contribution in [2.75, 3.05) is 0 Å². The van der Waals surface area contributed by atoms with Gasteiger partial charge in [-0.1, -0.05) is 95.5 Å². The first-order valence-electron chi connectivity index (χ1n) is 9.38. The molecule has 1 unspecified atom stereocenters. The molecule has 156 valence electrons. The Bertz CT molecular complexity index is 906. The van der Waals surface area contributed by atoms with Crippen LogP contribution in [0.3, 0.4) is 0 Å². The lowest BCUT2D eigenvalue weighted by Crippen LogP contribution is -3.17. The highest BCUT2D eigenvalue weighted by molar-refractivity contribution is 6.68. The Balaban J connectivity index is 1.89. The molecule has 0 bridgehead atoms. The fourth-order valence-electron chi connectivity index (χ4n) is 3.21. The molecule has 0 aliphatic heterocycles. The average molecular weight is 467 g/mol. The van der Waals surface area contributed by atoms with Crippen LogP contribution in [0.1, 0.15) is 21.5 Å². The number of rotatable bonds is 7. The molecule has 0 radical (unpaired) electrons. The molecule has 7 heteroatoms. The normalized spacial score (nSPS) is 12.6. The first-order chi connectivity index (χ1) is 14.3. The van der Waals surface area contributed by atoms with Crippen molar-refractivity contribution in [3.8, 4) is 0 Å². The third-order valence-electron chi connectivity index (χ3n) is 4.67. The third-order valence-corrected chi connectivity index (χ3v) is 5.32. The Morgan fingerprint density at radius 2 is 1.30 bits per heavy atom. The summed E-state index contributed by atoms with van der Waals surface area (Å²) in [4.78, 5) is 13.6. The van der Waals surface area contributed by atoms with Gasteiger partial charge in [0.2, 0.25) is 6.17 Å². The summed E-state index contributed by atoms with van der Waals surface area (Å²) in [6, 6.07) is 24.8. The van der Waals surface area contributed by atoms with Crippen molar-refractivity contribution in [2.24, 2.45) is 0 Å². The fraction of sp³-hybridized carbons (Fsp3) is 0.174. The van der Waals surface area contributed by atoms with Gasteiger partial charge in [0, 0.05) is 16.7 Å². The number of amides is 1. The van der Waals surface area contributed by atoms with Crippen LogP contribution in [0.15, 0.2) is 84.9 Å². The molecule has 3 nitrogen and oxygen atoms in total. The minimum Gasteiger partial charge on any atom is -0.304 e. The van der Waals surface area contributed by atoms with Gasteiger partial charge < -0.3 is 4.90 Å². The molecule has 0 aromatic heterocycles. The Kier molecular flexibility index (Phi) is 7.73. The number of hydrogen-bond donors (Lipinski definition) is 2. The Morgan fingerprint density at radius 1 is 0.833 bits per heavy atom. The van der Waals surface area contributed by atoms with Gasteiger partial charge >= 0.3 is 0 Å². The molecule has 0 fully saturated rings. The van der Waals surface area contributed by atoms with Crippen LogP contribution in [0, 0.1) is 5.82 Å². The summed E-state index contributed by atoms with van der Waals surface area (Å²) in [5.41, 5.74) is 2.37. The molecule has 3 aromatic rings. The zero-order valence-corrected chi connectivity index (χ0v) is 18.3. The van der Waals surface area contributed by atoms with E-state index < -0.39 is 21.7 Å². The largest absolute Gasteiger partial charge is 0.304 e. The van der Waals surface area contributed by atoms with Gasteiger partial charge in [-0.05, 0) is 24.3 Å². The van der Waals surface area contributed by atoms with Crippen molar-refractivity contribution in [1.82, 2.24) is 5.32 Å². The Labute approximate surface area is 190 Å². The minimum atomic E-state index is -1.77. The van der Waals surface area contributed by atoms with Crippen LogP contribution in [0.4, 0.5) is 4.39 Å². The van der Waals surface area contributed by atoms with E-state index in [9.17, 15) is 9.18 Å². The van der Waals surface area contributed by atoms with Gasteiger partial charge in [-0.25, -0.2) is 4.39 Å². The first-order valence-corrected chi connectivity index (χ1v) is 10.5. The molecule has 0 aliphatic rings. The maximum absolute atomic E-state index is 13.2. The number of carbonyl (C=O) groups is 1. The van der Waals surface area contributed by atoms with Crippen molar-refractivity contribution in [2.45, 2.75) is 23.0 Å². The molecule has 0 aliphatic carbocycles. The van der Waals surface area contributed by atoms with Crippen molar-refractivity contribution >= 4 is 40.7 Å². The second-order valence-electron chi connectivity index (χ2n) is 6.94. The highest BCUT2D eigenvalue weighted by atomic mass is 35.6. The highest BCUT2D eigenvalue weighted by Gasteiger charge is 2.42. The highest BCUT2D eigenvalue weighted by Crippen LogP contribution is 2.28. The van der Waals surface area contributed by atoms with Crippen LogP contribution in [0.2, 0.25) is 0 Å². The van der Waals surface area contributed by atoms with Gasteiger partial charge in [0.1, 0.15) is 18.9 Å². The van der Waals surface area contributed by atoms with E-state index in [1.807, 2.05) is 60.7 Å². The number of benzene rings is 3. The van der Waals surface area contributed by atoms with Gasteiger partial charge in [-0.15, -0.1) is 0 Å². The van der Waals surface area contributed by atoms with E-state index >= 15 is 0 Å². The number of carbonyl (C=O) groups excluding carboxylic acids is 1. The predicted octanol–water partition coefficient (Wildman–Crippen LogP) is 4.54. The monoisotopic (exact) mass is 465 g/mol. The average Bonchev–Trinajstić information content (AvgIpc) is 2.72. The van der Waals surface area contributed by atoms with Gasteiger partial charge in [0.25, 0.3) is 9.70 Å². The summed E-state index contributed by atoms with van der Waals surface area (Å²) in [5.74, 6) is -0.866. The molecular formula is C23H21Cl3FN2O+. The van der Waals surface area contributed by atoms with Gasteiger partial charge in [0.15, 0.2) is 0 Å². The summed E-state index contributed by atoms with van der Waals surface area (Å²) in [6.07, 6.45) is -0.847. The molecule has 2 N–H and O–H groups in total. The molecule has 0 saturated heterocycles. The standard InChI is InChI=1S/C23H20Cl3FN2O/c24-23(25,26)22(28-21(30)19-11-13-20(27)14-12-19)29(15-17-7-3-1-4-8-17)16-18-9-5-2-6-10-18/h1-14,22H,15-16H2,(H,28,30)/p+1. The predicted molar refractivity (Wildman–Crippen MR) is 119 cm³/mol. The number of alkyl halides is 3. The van der Waals surface area contributed by atoms with Crippen molar-refractivity contribution in [3.63, 3.8) is 0 Å². The smallest absolute Gasteiger partial charge is 0.262 e. The summed E-state index contributed by atoms with van der Waals surface area (Å²) in [5, 5.41) is 2.84. The topological polar surface area (TPSA) is 33.5 Å². The quantitative estimate of drug-likeness (QED) is 0.389. The molecular weight excluding hydrogens is 446 g/mol. The molecule has 0 spiro atoms. The second-order valence-corrected chi connectivity index (χ2v) is 9.31. The molecule has 0 heterocycles. The summed E-state index contributed by atoms with van der Waals surface area (Å²) in [7, 11) is 0. The number of quaternary nitrogens is 1. The maximum atomic E-state index is 13.2. The van der Waals surface area contributed by atoms with E-state index in [0.717, 1.165) is 16.0 Å². The van der Waals surface area contributed by atoms with Crippen molar-refractivity contribution < 1.29 is 14.1 Å². The van der Waals surface area contributed by atoms with E-state index in [4.69, 9.17) is 34.8 Å². The fourth-order valence-corrected chi connectivity index (χ4v) is 3.84. The van der Waals surface area contributed by atoms with Crippen LogP contribution < -0.4 is 10.2 Å². The Hall–Kier alpha value is -2.11. The molecule has 1 amide bonds. The lowest BCUT2D eigenvalue weighted by Gasteiger charge is -2.33. The van der Waals surface area contributed by atoms with E-state index in [-0.39, 0.29) is 5.56 Å². The maximum Gasteiger partial charge on any atom is 0.262 e. The number of halogens is 4. The van der Waals surface area contributed by atoms with Gasteiger partial charge in [-0.2, -0.15) is 0 Å². The Morgan fingerprint density at radius 3 is 1.73 bits per heavy atom.